The molecule has 0 saturated heterocycles. The minimum atomic E-state index is -0.531. The molecular formula is C10H11FN2O. The first-order valence-electron chi connectivity index (χ1n) is 4.17. The van der Waals surface area contributed by atoms with Crippen molar-refractivity contribution >= 4 is 5.69 Å². The maximum absolute atomic E-state index is 13.1. The van der Waals surface area contributed by atoms with Crippen molar-refractivity contribution in [1.82, 2.24) is 0 Å². The van der Waals surface area contributed by atoms with E-state index in [0.29, 0.717) is 5.69 Å². The lowest BCUT2D eigenvalue weighted by Gasteiger charge is -2.11. The van der Waals surface area contributed by atoms with Crippen LogP contribution in [0.4, 0.5) is 10.1 Å². The Bertz CT molecular complexity index is 335. The number of rotatable bonds is 4. The number of para-hydroxylation sites is 1. The van der Waals surface area contributed by atoms with E-state index < -0.39 is 6.04 Å². The summed E-state index contributed by atoms with van der Waals surface area (Å²) in [5.41, 5.74) is 0.316. The number of nitrogens with one attached hydrogen (secondary N) is 1. The van der Waals surface area contributed by atoms with Gasteiger partial charge in [0.25, 0.3) is 0 Å². The van der Waals surface area contributed by atoms with Crippen LogP contribution >= 0.6 is 0 Å². The van der Waals surface area contributed by atoms with Gasteiger partial charge in [0, 0.05) is 7.11 Å². The fourth-order valence-corrected chi connectivity index (χ4v) is 1.04. The van der Waals surface area contributed by atoms with Crippen LogP contribution < -0.4 is 5.32 Å². The van der Waals surface area contributed by atoms with Gasteiger partial charge in [-0.3, -0.25) is 0 Å². The highest BCUT2D eigenvalue weighted by atomic mass is 19.1. The quantitative estimate of drug-likeness (QED) is 0.794. The molecule has 0 spiro atoms. The van der Waals surface area contributed by atoms with Crippen LogP contribution in [0, 0.1) is 17.1 Å². The molecule has 1 rings (SSSR count). The van der Waals surface area contributed by atoms with E-state index in [4.69, 9.17) is 10.00 Å². The number of hydrogen-bond acceptors (Lipinski definition) is 3. The third-order valence-electron chi connectivity index (χ3n) is 1.69. The van der Waals surface area contributed by atoms with E-state index in [1.807, 2.05) is 6.07 Å². The molecule has 0 aliphatic rings. The zero-order valence-electron chi connectivity index (χ0n) is 7.83. The van der Waals surface area contributed by atoms with Crippen molar-refractivity contribution in [3.05, 3.63) is 30.1 Å². The fourth-order valence-electron chi connectivity index (χ4n) is 1.04. The summed E-state index contributed by atoms with van der Waals surface area (Å²) in [5, 5.41) is 11.4. The molecule has 0 aliphatic carbocycles. The van der Waals surface area contributed by atoms with Crippen molar-refractivity contribution < 1.29 is 9.13 Å². The smallest absolute Gasteiger partial charge is 0.146 e. The van der Waals surface area contributed by atoms with E-state index >= 15 is 0 Å². The lowest BCUT2D eigenvalue weighted by molar-refractivity contribution is 0.198. The lowest BCUT2D eigenvalue weighted by atomic mass is 10.2. The Morgan fingerprint density at radius 2 is 2.29 bits per heavy atom. The summed E-state index contributed by atoms with van der Waals surface area (Å²) < 4.78 is 17.9. The van der Waals surface area contributed by atoms with E-state index in [0.717, 1.165) is 0 Å². The average Bonchev–Trinajstić information content (AvgIpc) is 2.20. The average molecular weight is 194 g/mol. The molecule has 1 aromatic rings. The van der Waals surface area contributed by atoms with Crippen molar-refractivity contribution in [1.29, 1.82) is 5.26 Å². The Morgan fingerprint density at radius 1 is 1.57 bits per heavy atom. The van der Waals surface area contributed by atoms with E-state index in [2.05, 4.69) is 5.32 Å². The van der Waals surface area contributed by atoms with Gasteiger partial charge in [-0.05, 0) is 12.1 Å². The number of anilines is 1. The highest BCUT2D eigenvalue weighted by Crippen LogP contribution is 2.13. The van der Waals surface area contributed by atoms with Gasteiger partial charge in [0.1, 0.15) is 11.9 Å². The third-order valence-corrected chi connectivity index (χ3v) is 1.69. The van der Waals surface area contributed by atoms with Gasteiger partial charge in [-0.25, -0.2) is 4.39 Å². The van der Waals surface area contributed by atoms with Crippen molar-refractivity contribution in [2.45, 2.75) is 6.04 Å². The molecule has 1 unspecified atom stereocenters. The Balaban J connectivity index is 2.68. The zero-order valence-corrected chi connectivity index (χ0v) is 7.83. The first-order valence-corrected chi connectivity index (χ1v) is 4.17. The van der Waals surface area contributed by atoms with Crippen LogP contribution in [0.25, 0.3) is 0 Å². The topological polar surface area (TPSA) is 45.0 Å². The fraction of sp³-hybridized carbons (Fsp3) is 0.300. The van der Waals surface area contributed by atoms with Crippen molar-refractivity contribution in [2.24, 2.45) is 0 Å². The number of nitriles is 1. The van der Waals surface area contributed by atoms with Gasteiger partial charge in [-0.15, -0.1) is 0 Å². The largest absolute Gasteiger partial charge is 0.381 e. The number of halogens is 1. The molecule has 0 heterocycles. The summed E-state index contributed by atoms with van der Waals surface area (Å²) in [7, 11) is 1.49. The van der Waals surface area contributed by atoms with Gasteiger partial charge < -0.3 is 10.1 Å². The summed E-state index contributed by atoms with van der Waals surface area (Å²) in [6, 6.07) is 7.66. The highest BCUT2D eigenvalue weighted by Gasteiger charge is 2.08. The predicted molar refractivity (Wildman–Crippen MR) is 51.3 cm³/mol. The molecule has 0 radical (unpaired) electrons. The third kappa shape index (κ3) is 2.71. The zero-order chi connectivity index (χ0) is 10.4. The normalized spacial score (nSPS) is 11.8. The van der Waals surface area contributed by atoms with E-state index in [1.54, 1.807) is 18.2 Å². The van der Waals surface area contributed by atoms with Crippen LogP contribution in [0.15, 0.2) is 24.3 Å². The molecule has 0 aliphatic heterocycles. The maximum Gasteiger partial charge on any atom is 0.146 e. The lowest BCUT2D eigenvalue weighted by Crippen LogP contribution is -2.23. The molecule has 3 nitrogen and oxygen atoms in total. The second kappa shape index (κ2) is 5.20. The number of benzene rings is 1. The molecule has 1 atom stereocenters. The van der Waals surface area contributed by atoms with E-state index in [9.17, 15) is 4.39 Å². The Hall–Kier alpha value is -1.60. The molecule has 0 bridgehead atoms. The van der Waals surface area contributed by atoms with Crippen LogP contribution in [-0.2, 0) is 4.74 Å². The van der Waals surface area contributed by atoms with Gasteiger partial charge in [0.2, 0.25) is 0 Å². The molecule has 14 heavy (non-hydrogen) atoms. The summed E-state index contributed by atoms with van der Waals surface area (Å²) in [5.74, 6) is -0.371. The SMILES string of the molecule is COCC(C#N)Nc1ccccc1F. The number of ether oxygens (including phenoxy) is 1. The Morgan fingerprint density at radius 3 is 2.86 bits per heavy atom. The van der Waals surface area contributed by atoms with Crippen LogP contribution in [-0.4, -0.2) is 19.8 Å². The number of hydrogen-bond donors (Lipinski definition) is 1. The van der Waals surface area contributed by atoms with E-state index in [-0.39, 0.29) is 12.4 Å². The molecule has 1 aromatic carbocycles. The number of methoxy groups -OCH3 is 1. The van der Waals surface area contributed by atoms with Gasteiger partial charge in [0.15, 0.2) is 0 Å². The molecule has 4 heteroatoms. The first kappa shape index (κ1) is 10.5. The monoisotopic (exact) mass is 194 g/mol. The molecule has 0 fully saturated rings. The highest BCUT2D eigenvalue weighted by molar-refractivity contribution is 5.46. The van der Waals surface area contributed by atoms with Gasteiger partial charge in [-0.2, -0.15) is 5.26 Å². The maximum atomic E-state index is 13.1. The van der Waals surface area contributed by atoms with E-state index in [1.165, 1.54) is 13.2 Å². The Labute approximate surface area is 82.1 Å². The molecule has 0 saturated carbocycles. The molecular weight excluding hydrogens is 183 g/mol. The summed E-state index contributed by atoms with van der Waals surface area (Å²) >= 11 is 0. The second-order valence-electron chi connectivity index (χ2n) is 2.76. The minimum Gasteiger partial charge on any atom is -0.381 e. The van der Waals surface area contributed by atoms with Crippen LogP contribution in [0.1, 0.15) is 0 Å². The van der Waals surface area contributed by atoms with Crippen LogP contribution in [0.2, 0.25) is 0 Å². The molecule has 1 N–H and O–H groups in total. The molecule has 74 valence electrons. The Kier molecular flexibility index (Phi) is 3.89. The second-order valence-corrected chi connectivity index (χ2v) is 2.76. The van der Waals surface area contributed by atoms with Gasteiger partial charge in [-0.1, -0.05) is 12.1 Å². The van der Waals surface area contributed by atoms with Crippen LogP contribution in [0.5, 0.6) is 0 Å². The van der Waals surface area contributed by atoms with Crippen molar-refractivity contribution in [3.8, 4) is 6.07 Å². The van der Waals surface area contributed by atoms with Crippen molar-refractivity contribution in [3.63, 3.8) is 0 Å². The first-order chi connectivity index (χ1) is 6.77. The van der Waals surface area contributed by atoms with Gasteiger partial charge >= 0.3 is 0 Å². The van der Waals surface area contributed by atoms with Crippen LogP contribution in [0.3, 0.4) is 0 Å². The molecule has 0 amide bonds. The predicted octanol–water partition coefficient (Wildman–Crippen LogP) is 1.78. The molecule has 0 aromatic heterocycles. The summed E-state index contributed by atoms with van der Waals surface area (Å²) in [4.78, 5) is 0. The summed E-state index contributed by atoms with van der Waals surface area (Å²) in [6.45, 7) is 0.227. The minimum absolute atomic E-state index is 0.227. The standard InChI is InChI=1S/C10H11FN2O/c1-14-7-8(6-12)13-10-5-3-2-4-9(10)11/h2-5,8,13H,7H2,1H3. The van der Waals surface area contributed by atoms with Gasteiger partial charge in [0.05, 0.1) is 18.4 Å². The number of nitrogens with zero attached hydrogens (tertiary/aromatic N) is 1. The van der Waals surface area contributed by atoms with Crippen molar-refractivity contribution in [2.75, 3.05) is 19.0 Å². The summed E-state index contributed by atoms with van der Waals surface area (Å²) in [6.07, 6.45) is 0.